The van der Waals surface area contributed by atoms with Gasteiger partial charge in [-0.1, -0.05) is 202 Å². The average Bonchev–Trinajstić information content (AvgIpc) is 4.06. The number of hydrogen-bond donors (Lipinski definition) is 1. The number of rotatable bonds is 5. The van der Waals surface area contributed by atoms with Crippen molar-refractivity contribution in [3.05, 3.63) is 209 Å². The van der Waals surface area contributed by atoms with E-state index in [-0.39, 0.29) is 21.7 Å². The van der Waals surface area contributed by atoms with E-state index in [1.807, 2.05) is 11.3 Å². The smallest absolute Gasteiger partial charge is 0.197 e. The Balaban J connectivity index is 1.07. The van der Waals surface area contributed by atoms with Crippen molar-refractivity contribution < 1.29 is 0 Å². The van der Waals surface area contributed by atoms with Crippen molar-refractivity contribution in [2.24, 2.45) is 0 Å². The van der Waals surface area contributed by atoms with Crippen LogP contribution in [-0.2, 0) is 21.7 Å². The monoisotopic (exact) mass is 971 g/mol. The summed E-state index contributed by atoms with van der Waals surface area (Å²) < 4.78 is 3.93. The molecule has 0 amide bonds. The summed E-state index contributed by atoms with van der Waals surface area (Å²) in [5.74, 6) is 0. The third-order valence-electron chi connectivity index (χ3n) is 17.1. The maximum Gasteiger partial charge on any atom is 0.197 e. The van der Waals surface area contributed by atoms with Crippen LogP contribution >= 0.6 is 11.3 Å². The van der Waals surface area contributed by atoms with Gasteiger partial charge < -0.3 is 9.88 Å². The van der Waals surface area contributed by atoms with Crippen molar-refractivity contribution >= 4 is 72.8 Å². The van der Waals surface area contributed by atoms with Crippen molar-refractivity contribution in [1.82, 2.24) is 4.57 Å². The number of nitrogens with one attached hydrogen (secondary N) is 1. The van der Waals surface area contributed by atoms with E-state index in [1.54, 1.807) is 0 Å². The number of hydrogen-bond acceptors (Lipinski definition) is 2. The molecular weight excluding hydrogens is 912 g/mol. The Morgan fingerprint density at radius 3 is 1.81 bits per heavy atom. The second kappa shape index (κ2) is 15.6. The van der Waals surface area contributed by atoms with Gasteiger partial charge in [-0.05, 0) is 137 Å². The van der Waals surface area contributed by atoms with E-state index in [4.69, 9.17) is 0 Å². The second-order valence-electron chi connectivity index (χ2n) is 24.5. The summed E-state index contributed by atoms with van der Waals surface area (Å²) in [6, 6.07) is 67.4. The Kier molecular flexibility index (Phi) is 9.52. The van der Waals surface area contributed by atoms with Gasteiger partial charge in [0.05, 0.1) is 5.52 Å². The lowest BCUT2D eigenvalue weighted by Crippen LogP contribution is -2.37. The number of nitrogens with zero attached hydrogens (tertiary/aromatic N) is 1. The fraction of sp³-hybridized carbons (Fsp3) is 0.200. The highest BCUT2D eigenvalue weighted by Crippen LogP contribution is 2.55. The van der Waals surface area contributed by atoms with E-state index >= 15 is 0 Å². The van der Waals surface area contributed by atoms with Gasteiger partial charge in [0.15, 0.2) is 7.28 Å². The van der Waals surface area contributed by atoms with Crippen LogP contribution in [0.15, 0.2) is 176 Å². The Bertz CT molecular complexity index is 4170. The van der Waals surface area contributed by atoms with Gasteiger partial charge in [-0.15, -0.1) is 11.3 Å². The lowest BCUT2D eigenvalue weighted by Gasteiger charge is -2.26. The zero-order valence-electron chi connectivity index (χ0n) is 44.2. The predicted molar refractivity (Wildman–Crippen MR) is 320 cm³/mol. The first-order valence-corrected chi connectivity index (χ1v) is 27.3. The standard InChI is InChI=1S/C70H60BN2S/c1-67(2,3)42-25-28-44(29-26-42)72-59-37-56-50(48-33-43(68(4,5)6)27-32-55(48)70(56,9)10)34-51(59)46-30-31-47-52-35-49-45-23-17-18-24-54(45)69(7,8)57(49)38-60(52)73-61-36-53-62(39-58(61)71-64(46)65(47)73)74-66(41-21-15-12-16-22-41)63(53)40-19-13-11-14-20-40/h11-39,72H,1-10H3. The molecule has 4 heteroatoms. The van der Waals surface area contributed by atoms with Gasteiger partial charge >= 0.3 is 0 Å². The van der Waals surface area contributed by atoms with Gasteiger partial charge in [0, 0.05) is 70.3 Å². The highest BCUT2D eigenvalue weighted by molar-refractivity contribution is 7.23. The number of aromatic nitrogens is 1. The van der Waals surface area contributed by atoms with Crippen molar-refractivity contribution in [2.45, 2.75) is 90.9 Å². The molecule has 0 saturated carbocycles. The molecule has 74 heavy (non-hydrogen) atoms. The Labute approximate surface area is 441 Å². The molecule has 1 aliphatic heterocycles. The Morgan fingerprint density at radius 2 is 1.09 bits per heavy atom. The van der Waals surface area contributed by atoms with Gasteiger partial charge in [-0.2, -0.15) is 0 Å². The first kappa shape index (κ1) is 45.2. The van der Waals surface area contributed by atoms with Gasteiger partial charge in [0.1, 0.15) is 0 Å². The molecule has 359 valence electrons. The van der Waals surface area contributed by atoms with Crippen LogP contribution in [0.2, 0.25) is 0 Å². The summed E-state index contributed by atoms with van der Waals surface area (Å²) in [6.45, 7) is 23.5. The first-order chi connectivity index (χ1) is 35.4. The molecule has 0 spiro atoms. The lowest BCUT2D eigenvalue weighted by atomic mass is 9.59. The van der Waals surface area contributed by atoms with Crippen molar-refractivity contribution in [3.63, 3.8) is 0 Å². The van der Waals surface area contributed by atoms with Crippen LogP contribution in [0.1, 0.15) is 103 Å². The summed E-state index contributed by atoms with van der Waals surface area (Å²) in [5, 5.41) is 7.90. The molecule has 9 aromatic carbocycles. The molecule has 1 radical (unpaired) electrons. The largest absolute Gasteiger partial charge is 0.355 e. The van der Waals surface area contributed by atoms with Gasteiger partial charge in [0.2, 0.25) is 0 Å². The maximum atomic E-state index is 4.05. The third kappa shape index (κ3) is 6.56. The van der Waals surface area contributed by atoms with Crippen LogP contribution in [-0.4, -0.2) is 11.8 Å². The molecule has 1 N–H and O–H groups in total. The van der Waals surface area contributed by atoms with Crippen LogP contribution in [0.3, 0.4) is 0 Å². The molecule has 11 aromatic rings. The van der Waals surface area contributed by atoms with E-state index in [0.29, 0.717) is 0 Å². The minimum Gasteiger partial charge on any atom is -0.355 e. The number of thiophene rings is 1. The van der Waals surface area contributed by atoms with Crippen LogP contribution in [0, 0.1) is 0 Å². The Hall–Kier alpha value is -7.40. The van der Waals surface area contributed by atoms with E-state index in [0.717, 1.165) is 11.4 Å². The SMILES string of the molecule is CC(C)(C)c1ccc(Nc2cc3c(cc2-c2ccc4c5cc6c(cc5n5c4c2[B]c2cc4sc(-c7ccccc7)c(-c7ccccc7)c4cc2-5)C(C)(C)c2ccccc2-6)-c2cc(C(C)(C)C)ccc2C3(C)C)cc1. The van der Waals surface area contributed by atoms with Crippen LogP contribution < -0.4 is 16.2 Å². The van der Waals surface area contributed by atoms with E-state index in [2.05, 4.69) is 262 Å². The molecule has 2 aliphatic carbocycles. The van der Waals surface area contributed by atoms with Crippen molar-refractivity contribution in [3.8, 4) is 60.6 Å². The lowest BCUT2D eigenvalue weighted by molar-refractivity contribution is 0.589. The Morgan fingerprint density at radius 1 is 0.473 bits per heavy atom. The maximum absolute atomic E-state index is 4.05. The van der Waals surface area contributed by atoms with E-state index in [9.17, 15) is 0 Å². The van der Waals surface area contributed by atoms with Crippen LogP contribution in [0.25, 0.3) is 92.5 Å². The minimum atomic E-state index is -0.183. The van der Waals surface area contributed by atoms with E-state index < -0.39 is 0 Å². The number of anilines is 2. The second-order valence-corrected chi connectivity index (χ2v) is 25.5. The molecule has 14 rings (SSSR count). The zero-order valence-corrected chi connectivity index (χ0v) is 45.0. The quantitative estimate of drug-likeness (QED) is 0.170. The molecule has 2 nitrogen and oxygen atoms in total. The molecule has 0 unspecified atom stereocenters. The van der Waals surface area contributed by atoms with Gasteiger partial charge in [-0.25, -0.2) is 0 Å². The minimum absolute atomic E-state index is 0.0195. The summed E-state index contributed by atoms with van der Waals surface area (Å²) in [5.41, 5.74) is 27.9. The predicted octanol–water partition coefficient (Wildman–Crippen LogP) is 17.9. The summed E-state index contributed by atoms with van der Waals surface area (Å²) >= 11 is 1.91. The van der Waals surface area contributed by atoms with E-state index in [1.165, 1.54) is 137 Å². The molecule has 0 fully saturated rings. The normalized spacial score (nSPS) is 14.7. The number of fused-ring (bicyclic) bond motifs is 12. The zero-order chi connectivity index (χ0) is 50.8. The summed E-state index contributed by atoms with van der Waals surface area (Å²) in [6.07, 6.45) is 0. The van der Waals surface area contributed by atoms with Crippen molar-refractivity contribution in [2.75, 3.05) is 5.32 Å². The molecule has 3 aliphatic rings. The average molecular weight is 972 g/mol. The highest BCUT2D eigenvalue weighted by Gasteiger charge is 2.40. The summed E-state index contributed by atoms with van der Waals surface area (Å²) in [7, 11) is 2.52. The van der Waals surface area contributed by atoms with Gasteiger partial charge in [-0.3, -0.25) is 0 Å². The summed E-state index contributed by atoms with van der Waals surface area (Å²) in [4.78, 5) is 1.30. The van der Waals surface area contributed by atoms with Crippen LogP contribution in [0.5, 0.6) is 0 Å². The first-order valence-electron chi connectivity index (χ1n) is 26.5. The number of benzene rings is 9. The molecule has 3 heterocycles. The fourth-order valence-corrected chi connectivity index (χ4v) is 14.3. The highest BCUT2D eigenvalue weighted by atomic mass is 32.1. The topological polar surface area (TPSA) is 17.0 Å². The molecular formula is C70H60BN2S. The molecule has 2 aromatic heterocycles. The van der Waals surface area contributed by atoms with Crippen molar-refractivity contribution in [1.29, 1.82) is 0 Å². The molecule has 0 saturated heterocycles. The third-order valence-corrected chi connectivity index (χ3v) is 18.3. The van der Waals surface area contributed by atoms with Crippen LogP contribution in [0.4, 0.5) is 11.4 Å². The molecule has 0 atom stereocenters. The fourth-order valence-electron chi connectivity index (χ4n) is 13.0. The van der Waals surface area contributed by atoms with Gasteiger partial charge in [0.25, 0.3) is 0 Å². The molecule has 0 bridgehead atoms.